The van der Waals surface area contributed by atoms with Gasteiger partial charge in [0.15, 0.2) is 11.9 Å². The Morgan fingerprint density at radius 2 is 1.67 bits per heavy atom. The Morgan fingerprint density at radius 1 is 0.963 bits per heavy atom. The van der Waals surface area contributed by atoms with Crippen LogP contribution in [0.2, 0.25) is 0 Å². The maximum atomic E-state index is 12.5. The molecular formula is C21H18N2O4. The van der Waals surface area contributed by atoms with Crippen LogP contribution >= 0.6 is 0 Å². The van der Waals surface area contributed by atoms with E-state index < -0.39 is 18.0 Å². The van der Waals surface area contributed by atoms with Crippen molar-refractivity contribution in [2.75, 3.05) is 5.32 Å². The van der Waals surface area contributed by atoms with Gasteiger partial charge in [-0.1, -0.05) is 30.3 Å². The maximum absolute atomic E-state index is 12.5. The van der Waals surface area contributed by atoms with E-state index in [1.807, 2.05) is 12.1 Å². The molecule has 0 aliphatic rings. The van der Waals surface area contributed by atoms with Crippen LogP contribution in [0.25, 0.3) is 10.9 Å². The van der Waals surface area contributed by atoms with E-state index in [0.29, 0.717) is 16.8 Å². The zero-order valence-electron chi connectivity index (χ0n) is 14.9. The van der Waals surface area contributed by atoms with E-state index in [2.05, 4.69) is 10.3 Å². The molecule has 0 spiro atoms. The number of carbonyl (C=O) groups is 3. The highest BCUT2D eigenvalue weighted by Gasteiger charge is 2.21. The summed E-state index contributed by atoms with van der Waals surface area (Å²) in [4.78, 5) is 40.8. The van der Waals surface area contributed by atoms with Gasteiger partial charge in [-0.3, -0.25) is 14.6 Å². The number of rotatable bonds is 5. The number of hydrogen-bond acceptors (Lipinski definition) is 5. The Morgan fingerprint density at radius 3 is 2.44 bits per heavy atom. The number of ether oxygens (including phenoxy) is 1. The van der Waals surface area contributed by atoms with E-state index in [-0.39, 0.29) is 11.3 Å². The number of pyridine rings is 1. The monoisotopic (exact) mass is 362 g/mol. The summed E-state index contributed by atoms with van der Waals surface area (Å²) in [5.74, 6) is -1.33. The number of benzene rings is 2. The lowest BCUT2D eigenvalue weighted by Crippen LogP contribution is -2.30. The number of para-hydroxylation sites is 2. The standard InChI is InChI=1S/C21H18N2O4/c1-13(24)16-9-3-4-11-18(16)23-20(25)14(2)27-21(26)17-10-5-7-15-8-6-12-22-19(15)17/h3-12,14H,1-2H3,(H,23,25)/t14-/m0/s1. The third kappa shape index (κ3) is 4.00. The van der Waals surface area contributed by atoms with Crippen molar-refractivity contribution in [3.05, 3.63) is 71.9 Å². The lowest BCUT2D eigenvalue weighted by atomic mass is 10.1. The van der Waals surface area contributed by atoms with Gasteiger partial charge in [-0.25, -0.2) is 4.79 Å². The second kappa shape index (κ2) is 7.78. The SMILES string of the molecule is CC(=O)c1ccccc1NC(=O)[C@H](C)OC(=O)c1cccc2cccnc12. The Balaban J connectivity index is 1.75. The van der Waals surface area contributed by atoms with Crippen LogP contribution in [0.5, 0.6) is 0 Å². The van der Waals surface area contributed by atoms with Crippen molar-refractivity contribution >= 4 is 34.3 Å². The molecule has 1 amide bonds. The van der Waals surface area contributed by atoms with E-state index in [0.717, 1.165) is 5.39 Å². The molecule has 3 rings (SSSR count). The molecule has 2 aromatic carbocycles. The van der Waals surface area contributed by atoms with Crippen LogP contribution in [0.3, 0.4) is 0 Å². The van der Waals surface area contributed by atoms with Crippen molar-refractivity contribution in [1.29, 1.82) is 0 Å². The predicted octanol–water partition coefficient (Wildman–Crippen LogP) is 3.62. The summed E-state index contributed by atoms with van der Waals surface area (Å²) in [5.41, 5.74) is 1.57. The lowest BCUT2D eigenvalue weighted by Gasteiger charge is -2.15. The van der Waals surface area contributed by atoms with Crippen molar-refractivity contribution in [3.63, 3.8) is 0 Å². The average molecular weight is 362 g/mol. The smallest absolute Gasteiger partial charge is 0.341 e. The van der Waals surface area contributed by atoms with Crippen molar-refractivity contribution in [3.8, 4) is 0 Å². The van der Waals surface area contributed by atoms with Crippen LogP contribution < -0.4 is 5.32 Å². The highest BCUT2D eigenvalue weighted by molar-refractivity contribution is 6.06. The number of fused-ring (bicyclic) bond motifs is 1. The highest BCUT2D eigenvalue weighted by Crippen LogP contribution is 2.19. The Hall–Kier alpha value is -3.54. The fourth-order valence-electron chi connectivity index (χ4n) is 2.68. The summed E-state index contributed by atoms with van der Waals surface area (Å²) < 4.78 is 5.30. The van der Waals surface area contributed by atoms with Gasteiger partial charge >= 0.3 is 5.97 Å². The summed E-state index contributed by atoms with van der Waals surface area (Å²) in [5, 5.41) is 3.44. The number of carbonyl (C=O) groups excluding carboxylic acids is 3. The van der Waals surface area contributed by atoms with Crippen LogP contribution in [0.1, 0.15) is 34.6 Å². The fourth-order valence-corrected chi connectivity index (χ4v) is 2.68. The molecule has 1 heterocycles. The third-order valence-corrected chi connectivity index (χ3v) is 4.07. The molecule has 0 unspecified atom stereocenters. The topological polar surface area (TPSA) is 85.4 Å². The van der Waals surface area contributed by atoms with Crippen LogP contribution in [0.15, 0.2) is 60.8 Å². The van der Waals surface area contributed by atoms with Crippen LogP contribution in [-0.4, -0.2) is 28.7 Å². The van der Waals surface area contributed by atoms with E-state index in [1.165, 1.54) is 13.8 Å². The van der Waals surface area contributed by atoms with E-state index in [1.54, 1.807) is 48.7 Å². The van der Waals surface area contributed by atoms with Gasteiger partial charge in [0.1, 0.15) is 0 Å². The summed E-state index contributed by atoms with van der Waals surface area (Å²) in [7, 11) is 0. The molecule has 136 valence electrons. The van der Waals surface area contributed by atoms with E-state index in [4.69, 9.17) is 4.74 Å². The summed E-state index contributed by atoms with van der Waals surface area (Å²) in [6.45, 7) is 2.89. The molecule has 1 atom stereocenters. The first-order valence-corrected chi connectivity index (χ1v) is 8.43. The molecule has 0 radical (unpaired) electrons. The minimum absolute atomic E-state index is 0.169. The first-order valence-electron chi connectivity index (χ1n) is 8.43. The molecule has 6 heteroatoms. The second-order valence-electron chi connectivity index (χ2n) is 6.02. The molecular weight excluding hydrogens is 344 g/mol. The number of amides is 1. The number of ketones is 1. The van der Waals surface area contributed by atoms with Crippen molar-refractivity contribution in [1.82, 2.24) is 4.98 Å². The zero-order valence-corrected chi connectivity index (χ0v) is 14.9. The van der Waals surface area contributed by atoms with Gasteiger partial charge in [-0.05, 0) is 38.1 Å². The van der Waals surface area contributed by atoms with Crippen LogP contribution in [-0.2, 0) is 9.53 Å². The van der Waals surface area contributed by atoms with E-state index in [9.17, 15) is 14.4 Å². The molecule has 1 N–H and O–H groups in total. The summed E-state index contributed by atoms with van der Waals surface area (Å²) in [6.07, 6.45) is 0.546. The molecule has 6 nitrogen and oxygen atoms in total. The Labute approximate surface area is 156 Å². The Bertz CT molecular complexity index is 1020. The number of nitrogens with zero attached hydrogens (tertiary/aromatic N) is 1. The number of esters is 1. The van der Waals surface area contributed by atoms with Gasteiger partial charge in [0.05, 0.1) is 16.8 Å². The normalized spacial score (nSPS) is 11.6. The van der Waals surface area contributed by atoms with Crippen LogP contribution in [0, 0.1) is 0 Å². The summed E-state index contributed by atoms with van der Waals surface area (Å²) in [6, 6.07) is 15.5. The van der Waals surface area contributed by atoms with Gasteiger partial charge in [-0.15, -0.1) is 0 Å². The summed E-state index contributed by atoms with van der Waals surface area (Å²) >= 11 is 0. The molecule has 0 bridgehead atoms. The lowest BCUT2D eigenvalue weighted by molar-refractivity contribution is -0.123. The number of anilines is 1. The van der Waals surface area contributed by atoms with Gasteiger partial charge in [0.25, 0.3) is 5.91 Å². The number of aromatic nitrogens is 1. The highest BCUT2D eigenvalue weighted by atomic mass is 16.5. The number of hydrogen-bond donors (Lipinski definition) is 1. The van der Waals surface area contributed by atoms with Gasteiger partial charge in [0, 0.05) is 17.1 Å². The van der Waals surface area contributed by atoms with Crippen molar-refractivity contribution < 1.29 is 19.1 Å². The third-order valence-electron chi connectivity index (χ3n) is 4.07. The molecule has 1 aromatic heterocycles. The molecule has 0 fully saturated rings. The first kappa shape index (κ1) is 18.3. The Kier molecular flexibility index (Phi) is 5.26. The molecule has 27 heavy (non-hydrogen) atoms. The maximum Gasteiger partial charge on any atom is 0.341 e. The largest absolute Gasteiger partial charge is 0.449 e. The average Bonchev–Trinajstić information content (AvgIpc) is 2.67. The van der Waals surface area contributed by atoms with Crippen molar-refractivity contribution in [2.24, 2.45) is 0 Å². The number of Topliss-reactive ketones (excluding diaryl/α,β-unsaturated/α-hetero) is 1. The molecule has 0 aliphatic carbocycles. The quantitative estimate of drug-likeness (QED) is 0.553. The van der Waals surface area contributed by atoms with Gasteiger partial charge in [-0.2, -0.15) is 0 Å². The van der Waals surface area contributed by atoms with Crippen LogP contribution in [0.4, 0.5) is 5.69 Å². The predicted molar refractivity (Wildman–Crippen MR) is 102 cm³/mol. The minimum Gasteiger partial charge on any atom is -0.449 e. The number of nitrogens with one attached hydrogen (secondary N) is 1. The molecule has 0 aliphatic heterocycles. The molecule has 0 saturated heterocycles. The van der Waals surface area contributed by atoms with Crippen molar-refractivity contribution in [2.45, 2.75) is 20.0 Å². The second-order valence-corrected chi connectivity index (χ2v) is 6.02. The van der Waals surface area contributed by atoms with Gasteiger partial charge in [0.2, 0.25) is 0 Å². The van der Waals surface area contributed by atoms with Gasteiger partial charge < -0.3 is 10.1 Å². The van der Waals surface area contributed by atoms with E-state index >= 15 is 0 Å². The minimum atomic E-state index is -1.04. The molecule has 3 aromatic rings. The zero-order chi connectivity index (χ0) is 19.4. The fraction of sp³-hybridized carbons (Fsp3) is 0.143. The molecule has 0 saturated carbocycles. The first-order chi connectivity index (χ1) is 13.0.